The zero-order chi connectivity index (χ0) is 16.3. The molecule has 124 valence electrons. The molecule has 0 aliphatic carbocycles. The van der Waals surface area contributed by atoms with Crippen molar-refractivity contribution in [2.75, 3.05) is 20.6 Å². The highest BCUT2D eigenvalue weighted by Crippen LogP contribution is 2.23. The molecule has 2 rings (SSSR count). The van der Waals surface area contributed by atoms with Gasteiger partial charge in [0.15, 0.2) is 0 Å². The molecular weight excluding hydrogens is 300 g/mol. The van der Waals surface area contributed by atoms with Crippen molar-refractivity contribution in [1.82, 2.24) is 9.21 Å². The summed E-state index contributed by atoms with van der Waals surface area (Å²) in [5, 5.41) is 9.94. The molecule has 5 nitrogen and oxygen atoms in total. The van der Waals surface area contributed by atoms with Crippen molar-refractivity contribution >= 4 is 10.0 Å². The Labute approximate surface area is 133 Å². The maximum atomic E-state index is 12.2. The lowest BCUT2D eigenvalue weighted by Gasteiger charge is -2.37. The Bertz CT molecular complexity index is 599. The van der Waals surface area contributed by atoms with Gasteiger partial charge in [-0.1, -0.05) is 18.6 Å². The Morgan fingerprint density at radius 3 is 2.73 bits per heavy atom. The molecule has 0 radical (unpaired) electrons. The summed E-state index contributed by atoms with van der Waals surface area (Å²) in [4.78, 5) is 2.58. The number of hydrogen-bond acceptors (Lipinski definition) is 4. The molecule has 0 aromatic heterocycles. The van der Waals surface area contributed by atoms with Crippen molar-refractivity contribution in [2.24, 2.45) is 0 Å². The SMILES string of the molecule is C[C@H](O)[C@@H]1CCCCN1Cc1cccc(S(=O)(=O)N(C)C)c1. The van der Waals surface area contributed by atoms with E-state index >= 15 is 0 Å². The van der Waals surface area contributed by atoms with E-state index in [1.54, 1.807) is 18.2 Å². The second-order valence-corrected chi connectivity index (χ2v) is 8.36. The predicted molar refractivity (Wildman–Crippen MR) is 87.0 cm³/mol. The zero-order valence-electron chi connectivity index (χ0n) is 13.6. The van der Waals surface area contributed by atoms with E-state index in [-0.39, 0.29) is 12.1 Å². The number of rotatable bonds is 5. The van der Waals surface area contributed by atoms with Gasteiger partial charge in [0.1, 0.15) is 0 Å². The van der Waals surface area contributed by atoms with Gasteiger partial charge >= 0.3 is 0 Å². The number of sulfonamides is 1. The van der Waals surface area contributed by atoms with Crippen molar-refractivity contribution in [3.63, 3.8) is 0 Å². The van der Waals surface area contributed by atoms with E-state index in [2.05, 4.69) is 4.90 Å². The van der Waals surface area contributed by atoms with E-state index in [0.717, 1.165) is 31.4 Å². The molecule has 2 atom stereocenters. The third-order valence-corrected chi connectivity index (χ3v) is 6.09. The third-order valence-electron chi connectivity index (χ3n) is 4.28. The summed E-state index contributed by atoms with van der Waals surface area (Å²) in [5.74, 6) is 0. The first-order valence-corrected chi connectivity index (χ1v) is 9.20. The van der Waals surface area contributed by atoms with Gasteiger partial charge in [-0.2, -0.15) is 0 Å². The van der Waals surface area contributed by atoms with Crippen LogP contribution >= 0.6 is 0 Å². The lowest BCUT2D eigenvalue weighted by atomic mass is 9.97. The summed E-state index contributed by atoms with van der Waals surface area (Å²) < 4.78 is 25.7. The van der Waals surface area contributed by atoms with Crippen LogP contribution < -0.4 is 0 Å². The first-order chi connectivity index (χ1) is 10.3. The normalized spacial score (nSPS) is 22.0. The molecule has 1 fully saturated rings. The van der Waals surface area contributed by atoms with Crippen LogP contribution in [0.25, 0.3) is 0 Å². The summed E-state index contributed by atoms with van der Waals surface area (Å²) in [7, 11) is -0.329. The number of nitrogens with zero attached hydrogens (tertiary/aromatic N) is 2. The molecule has 0 unspecified atom stereocenters. The topological polar surface area (TPSA) is 60.9 Å². The fourth-order valence-corrected chi connectivity index (χ4v) is 3.98. The van der Waals surface area contributed by atoms with Crippen molar-refractivity contribution in [1.29, 1.82) is 0 Å². The van der Waals surface area contributed by atoms with E-state index in [4.69, 9.17) is 0 Å². The molecule has 1 aromatic carbocycles. The fourth-order valence-electron chi connectivity index (χ4n) is 3.01. The Morgan fingerprint density at radius 2 is 2.09 bits per heavy atom. The average molecular weight is 326 g/mol. The summed E-state index contributed by atoms with van der Waals surface area (Å²) in [6.07, 6.45) is 2.89. The lowest BCUT2D eigenvalue weighted by Crippen LogP contribution is -2.45. The van der Waals surface area contributed by atoms with Gasteiger partial charge in [-0.05, 0) is 44.0 Å². The van der Waals surface area contributed by atoms with Crippen LogP contribution in [0.4, 0.5) is 0 Å². The van der Waals surface area contributed by atoms with Gasteiger partial charge in [0.2, 0.25) is 10.0 Å². The van der Waals surface area contributed by atoms with E-state index in [0.29, 0.717) is 11.4 Å². The highest BCUT2D eigenvalue weighted by molar-refractivity contribution is 7.89. The van der Waals surface area contributed by atoms with E-state index in [1.165, 1.54) is 18.4 Å². The molecule has 0 bridgehead atoms. The number of likely N-dealkylation sites (tertiary alicyclic amines) is 1. The Kier molecular flexibility index (Phi) is 5.60. The second kappa shape index (κ2) is 7.08. The minimum absolute atomic E-state index is 0.155. The Hall–Kier alpha value is -0.950. The number of hydrogen-bond donors (Lipinski definition) is 1. The largest absolute Gasteiger partial charge is 0.392 e. The van der Waals surface area contributed by atoms with E-state index in [1.807, 2.05) is 13.0 Å². The molecule has 6 heteroatoms. The molecule has 1 aromatic rings. The quantitative estimate of drug-likeness (QED) is 0.894. The maximum absolute atomic E-state index is 12.2. The zero-order valence-corrected chi connectivity index (χ0v) is 14.4. The average Bonchev–Trinajstić information content (AvgIpc) is 2.47. The lowest BCUT2D eigenvalue weighted by molar-refractivity contribution is 0.0316. The highest BCUT2D eigenvalue weighted by Gasteiger charge is 2.26. The van der Waals surface area contributed by atoms with Crippen LogP contribution in [-0.4, -0.2) is 55.5 Å². The minimum Gasteiger partial charge on any atom is -0.392 e. The van der Waals surface area contributed by atoms with Crippen LogP contribution in [-0.2, 0) is 16.6 Å². The van der Waals surface area contributed by atoms with Crippen LogP contribution in [0.1, 0.15) is 31.7 Å². The smallest absolute Gasteiger partial charge is 0.242 e. The van der Waals surface area contributed by atoms with Gasteiger partial charge in [-0.3, -0.25) is 4.90 Å². The second-order valence-electron chi connectivity index (χ2n) is 6.21. The van der Waals surface area contributed by atoms with Crippen LogP contribution in [0.2, 0.25) is 0 Å². The number of benzene rings is 1. The van der Waals surface area contributed by atoms with Crippen molar-refractivity contribution < 1.29 is 13.5 Å². The molecule has 0 saturated carbocycles. The molecule has 1 N–H and O–H groups in total. The Morgan fingerprint density at radius 1 is 1.36 bits per heavy atom. The predicted octanol–water partition coefficient (Wildman–Crippen LogP) is 1.67. The van der Waals surface area contributed by atoms with Crippen molar-refractivity contribution in [3.8, 4) is 0 Å². The molecule has 1 saturated heterocycles. The summed E-state index contributed by atoms with van der Waals surface area (Å²) in [6.45, 7) is 3.45. The third kappa shape index (κ3) is 3.87. The molecule has 0 spiro atoms. The number of aliphatic hydroxyl groups is 1. The van der Waals surface area contributed by atoms with Crippen LogP contribution in [0.15, 0.2) is 29.2 Å². The van der Waals surface area contributed by atoms with Gasteiger partial charge in [-0.25, -0.2) is 12.7 Å². The van der Waals surface area contributed by atoms with Gasteiger partial charge in [0, 0.05) is 26.7 Å². The van der Waals surface area contributed by atoms with Crippen LogP contribution in [0.5, 0.6) is 0 Å². The van der Waals surface area contributed by atoms with Gasteiger partial charge < -0.3 is 5.11 Å². The first kappa shape index (κ1) is 17.4. The van der Waals surface area contributed by atoms with Crippen LogP contribution in [0.3, 0.4) is 0 Å². The first-order valence-electron chi connectivity index (χ1n) is 7.76. The summed E-state index contributed by atoms with van der Waals surface area (Å²) >= 11 is 0. The van der Waals surface area contributed by atoms with Gasteiger partial charge in [0.05, 0.1) is 11.0 Å². The monoisotopic (exact) mass is 326 g/mol. The molecule has 0 amide bonds. The number of aliphatic hydroxyl groups excluding tert-OH is 1. The molecular formula is C16H26N2O3S. The number of piperidine rings is 1. The van der Waals surface area contributed by atoms with Crippen molar-refractivity contribution in [3.05, 3.63) is 29.8 Å². The van der Waals surface area contributed by atoms with E-state index < -0.39 is 10.0 Å². The van der Waals surface area contributed by atoms with Crippen molar-refractivity contribution in [2.45, 2.75) is 49.8 Å². The minimum atomic E-state index is -3.40. The fraction of sp³-hybridized carbons (Fsp3) is 0.625. The molecule has 1 heterocycles. The van der Waals surface area contributed by atoms with E-state index in [9.17, 15) is 13.5 Å². The van der Waals surface area contributed by atoms with Gasteiger partial charge in [-0.15, -0.1) is 0 Å². The summed E-state index contributed by atoms with van der Waals surface area (Å²) in [6, 6.07) is 7.25. The summed E-state index contributed by atoms with van der Waals surface area (Å²) in [5.41, 5.74) is 0.968. The standard InChI is InChI=1S/C16H26N2O3S/c1-13(19)16-9-4-5-10-18(16)12-14-7-6-8-15(11-14)22(20,21)17(2)3/h6-8,11,13,16,19H,4-5,9-10,12H2,1-3H3/t13-,16-/m0/s1. The molecule has 1 aliphatic heterocycles. The van der Waals surface area contributed by atoms with Crippen LogP contribution in [0, 0.1) is 0 Å². The molecule has 1 aliphatic rings. The molecule has 22 heavy (non-hydrogen) atoms. The van der Waals surface area contributed by atoms with Gasteiger partial charge in [0.25, 0.3) is 0 Å². The Balaban J connectivity index is 2.20. The maximum Gasteiger partial charge on any atom is 0.242 e. The highest BCUT2D eigenvalue weighted by atomic mass is 32.2.